The molecule has 31 heavy (non-hydrogen) atoms. The van der Waals surface area contributed by atoms with E-state index in [9.17, 15) is 9.18 Å². The molecule has 0 aromatic heterocycles. The van der Waals surface area contributed by atoms with Crippen molar-refractivity contribution in [1.29, 1.82) is 0 Å². The third-order valence-electron chi connectivity index (χ3n) is 5.96. The highest BCUT2D eigenvalue weighted by atomic mass is 19.1. The highest BCUT2D eigenvalue weighted by Gasteiger charge is 2.37. The van der Waals surface area contributed by atoms with Crippen LogP contribution in [0.25, 0.3) is 0 Å². The van der Waals surface area contributed by atoms with Crippen LogP contribution in [0, 0.1) is 11.7 Å². The molecule has 0 saturated carbocycles. The Morgan fingerprint density at radius 2 is 1.77 bits per heavy atom. The summed E-state index contributed by atoms with van der Waals surface area (Å²) in [5.74, 6) is 1.55. The molecule has 0 fully saturated rings. The van der Waals surface area contributed by atoms with Gasteiger partial charge in [0.25, 0.3) is 0 Å². The Labute approximate surface area is 184 Å². The van der Waals surface area contributed by atoms with Crippen LogP contribution in [0.5, 0.6) is 11.5 Å². The number of fused-ring (bicyclic) bond motifs is 1. The number of rotatable bonds is 8. The number of quaternary nitrogens is 1. The maximum Gasteiger partial charge on any atom is 0.220 e. The van der Waals surface area contributed by atoms with Crippen LogP contribution in [-0.4, -0.2) is 32.7 Å². The Kier molecular flexibility index (Phi) is 7.55. The van der Waals surface area contributed by atoms with Gasteiger partial charge in [0.2, 0.25) is 5.91 Å². The fourth-order valence-corrected chi connectivity index (χ4v) is 4.57. The van der Waals surface area contributed by atoms with Gasteiger partial charge in [-0.25, -0.2) is 4.39 Å². The van der Waals surface area contributed by atoms with Crippen molar-refractivity contribution < 1.29 is 23.6 Å². The Hall–Kier alpha value is -2.60. The molecule has 5 nitrogen and oxygen atoms in total. The first kappa shape index (κ1) is 23.1. The highest BCUT2D eigenvalue weighted by molar-refractivity contribution is 5.76. The van der Waals surface area contributed by atoms with Gasteiger partial charge in [-0.05, 0) is 42.7 Å². The van der Waals surface area contributed by atoms with E-state index >= 15 is 0 Å². The van der Waals surface area contributed by atoms with Gasteiger partial charge in [0.1, 0.15) is 18.4 Å². The second kappa shape index (κ2) is 10.1. The molecule has 0 saturated heterocycles. The smallest absolute Gasteiger partial charge is 0.220 e. The van der Waals surface area contributed by atoms with Crippen LogP contribution in [0.15, 0.2) is 36.4 Å². The second-order valence-corrected chi connectivity index (χ2v) is 8.80. The first-order chi connectivity index (χ1) is 14.8. The standard InChI is InChI=1S/C25H33FN2O3/c1-16(2)12-24(29)27-17(3)25-21-14-23(31-5)22(30-4)13-19(21)10-11-28(25)15-18-6-8-20(26)9-7-18/h6-9,13-14,16-17,25H,10-12,15H2,1-5H3,(H,27,29)/p+1/t17-,25-/m1/s1. The topological polar surface area (TPSA) is 52.0 Å². The number of hydrogen-bond acceptors (Lipinski definition) is 3. The summed E-state index contributed by atoms with van der Waals surface area (Å²) in [4.78, 5) is 13.9. The van der Waals surface area contributed by atoms with Crippen LogP contribution >= 0.6 is 0 Å². The summed E-state index contributed by atoms with van der Waals surface area (Å²) in [6.45, 7) is 7.82. The van der Waals surface area contributed by atoms with E-state index in [2.05, 4.69) is 18.3 Å². The minimum Gasteiger partial charge on any atom is -0.493 e. The summed E-state index contributed by atoms with van der Waals surface area (Å²) in [7, 11) is 3.28. The summed E-state index contributed by atoms with van der Waals surface area (Å²) < 4.78 is 24.5. The van der Waals surface area contributed by atoms with Crippen molar-refractivity contribution in [2.75, 3.05) is 20.8 Å². The fourth-order valence-electron chi connectivity index (χ4n) is 4.57. The first-order valence-electron chi connectivity index (χ1n) is 11.0. The molecule has 2 N–H and O–H groups in total. The molecule has 1 aliphatic rings. The maximum absolute atomic E-state index is 13.4. The van der Waals surface area contributed by atoms with Gasteiger partial charge in [-0.2, -0.15) is 0 Å². The van der Waals surface area contributed by atoms with Gasteiger partial charge in [0.15, 0.2) is 11.5 Å². The van der Waals surface area contributed by atoms with Crippen LogP contribution in [-0.2, 0) is 17.8 Å². The molecule has 0 radical (unpaired) electrons. The SMILES string of the molecule is COc1cc2c(cc1OC)[C@@H]([C@@H](C)NC(=O)CC(C)C)[NH+](Cc1ccc(F)cc1)CC2. The zero-order chi connectivity index (χ0) is 22.5. The van der Waals surface area contributed by atoms with Crippen LogP contribution < -0.4 is 19.7 Å². The minimum atomic E-state index is -0.231. The Morgan fingerprint density at radius 1 is 1.13 bits per heavy atom. The lowest BCUT2D eigenvalue weighted by Gasteiger charge is -2.38. The molecule has 1 aliphatic heterocycles. The van der Waals surface area contributed by atoms with E-state index in [1.165, 1.54) is 28.2 Å². The van der Waals surface area contributed by atoms with E-state index in [1.54, 1.807) is 14.2 Å². The largest absolute Gasteiger partial charge is 0.493 e. The predicted molar refractivity (Wildman–Crippen MR) is 119 cm³/mol. The molecule has 0 aliphatic carbocycles. The van der Waals surface area contributed by atoms with E-state index in [4.69, 9.17) is 9.47 Å². The van der Waals surface area contributed by atoms with Gasteiger partial charge >= 0.3 is 0 Å². The normalized spacial score (nSPS) is 18.9. The number of carbonyl (C=O) groups is 1. The number of methoxy groups -OCH3 is 2. The Balaban J connectivity index is 1.95. The molecule has 1 heterocycles. The van der Waals surface area contributed by atoms with E-state index < -0.39 is 0 Å². The van der Waals surface area contributed by atoms with Crippen LogP contribution in [0.1, 0.15) is 49.9 Å². The summed E-state index contributed by atoms with van der Waals surface area (Å²) in [5, 5.41) is 3.22. The number of amides is 1. The number of hydrogen-bond donors (Lipinski definition) is 2. The maximum atomic E-state index is 13.4. The molecular formula is C25H34FN2O3+. The lowest BCUT2D eigenvalue weighted by molar-refractivity contribution is -0.948. The average Bonchev–Trinajstić information content (AvgIpc) is 2.73. The molecule has 1 unspecified atom stereocenters. The quantitative estimate of drug-likeness (QED) is 0.678. The van der Waals surface area contributed by atoms with Crippen molar-refractivity contribution in [1.82, 2.24) is 5.32 Å². The zero-order valence-electron chi connectivity index (χ0n) is 19.1. The molecule has 3 rings (SSSR count). The van der Waals surface area contributed by atoms with Crippen molar-refractivity contribution >= 4 is 5.91 Å². The minimum absolute atomic E-state index is 0.0460. The molecule has 0 bridgehead atoms. The van der Waals surface area contributed by atoms with Gasteiger partial charge in [-0.1, -0.05) is 26.0 Å². The monoisotopic (exact) mass is 429 g/mol. The van der Waals surface area contributed by atoms with Crippen LogP contribution in [0.3, 0.4) is 0 Å². The van der Waals surface area contributed by atoms with Crippen molar-refractivity contribution in [3.8, 4) is 11.5 Å². The van der Waals surface area contributed by atoms with E-state index in [-0.39, 0.29) is 23.8 Å². The van der Waals surface area contributed by atoms with Crippen LogP contribution in [0.2, 0.25) is 0 Å². The van der Waals surface area contributed by atoms with Gasteiger partial charge in [-0.3, -0.25) is 4.79 Å². The first-order valence-corrected chi connectivity index (χ1v) is 11.0. The molecular weight excluding hydrogens is 395 g/mol. The molecule has 2 aromatic rings. The van der Waals surface area contributed by atoms with Crippen molar-refractivity contribution in [3.63, 3.8) is 0 Å². The zero-order valence-corrected chi connectivity index (χ0v) is 19.1. The molecule has 168 valence electrons. The highest BCUT2D eigenvalue weighted by Crippen LogP contribution is 2.35. The predicted octanol–water partition coefficient (Wildman–Crippen LogP) is 3.08. The lowest BCUT2D eigenvalue weighted by atomic mass is 9.87. The van der Waals surface area contributed by atoms with Crippen molar-refractivity contribution in [3.05, 3.63) is 58.9 Å². The molecule has 3 atom stereocenters. The second-order valence-electron chi connectivity index (χ2n) is 8.80. The van der Waals surface area contributed by atoms with Gasteiger partial charge in [0, 0.05) is 24.0 Å². The Bertz CT molecular complexity index is 898. The number of benzene rings is 2. The van der Waals surface area contributed by atoms with E-state index in [1.807, 2.05) is 32.0 Å². The summed E-state index contributed by atoms with van der Waals surface area (Å²) >= 11 is 0. The third-order valence-corrected chi connectivity index (χ3v) is 5.96. The third kappa shape index (κ3) is 5.56. The molecule has 2 aromatic carbocycles. The summed E-state index contributed by atoms with van der Waals surface area (Å²) in [5.41, 5.74) is 3.46. The molecule has 0 spiro atoms. The van der Waals surface area contributed by atoms with Crippen molar-refractivity contribution in [2.24, 2.45) is 5.92 Å². The molecule has 6 heteroatoms. The van der Waals surface area contributed by atoms with Crippen molar-refractivity contribution in [2.45, 2.75) is 52.2 Å². The number of nitrogens with one attached hydrogen (secondary N) is 2. The van der Waals surface area contributed by atoms with E-state index in [0.717, 1.165) is 30.8 Å². The van der Waals surface area contributed by atoms with Gasteiger partial charge < -0.3 is 19.7 Å². The average molecular weight is 430 g/mol. The number of carbonyl (C=O) groups excluding carboxylic acids is 1. The Morgan fingerprint density at radius 3 is 2.39 bits per heavy atom. The van der Waals surface area contributed by atoms with E-state index in [0.29, 0.717) is 18.1 Å². The van der Waals surface area contributed by atoms with Gasteiger partial charge in [0.05, 0.1) is 26.8 Å². The number of ether oxygens (including phenoxy) is 2. The summed E-state index contributed by atoms with van der Waals surface area (Å²) in [6, 6.07) is 10.8. The van der Waals surface area contributed by atoms with Gasteiger partial charge in [-0.15, -0.1) is 0 Å². The summed E-state index contributed by atoms with van der Waals surface area (Å²) in [6.07, 6.45) is 1.40. The fraction of sp³-hybridized carbons (Fsp3) is 0.480. The lowest BCUT2D eigenvalue weighted by Crippen LogP contribution is -3.13. The number of halogens is 1. The molecule has 1 amide bonds. The van der Waals surface area contributed by atoms with Crippen LogP contribution in [0.4, 0.5) is 4.39 Å².